The lowest BCUT2D eigenvalue weighted by Gasteiger charge is -2.38. The van der Waals surface area contributed by atoms with Crippen molar-refractivity contribution in [3.05, 3.63) is 29.6 Å². The Morgan fingerprint density at radius 1 is 1.30 bits per heavy atom. The van der Waals surface area contributed by atoms with Gasteiger partial charge in [0, 0.05) is 39.3 Å². The van der Waals surface area contributed by atoms with E-state index in [2.05, 4.69) is 27.0 Å². The van der Waals surface area contributed by atoms with Gasteiger partial charge in [-0.25, -0.2) is 4.39 Å². The van der Waals surface area contributed by atoms with Gasteiger partial charge in [-0.15, -0.1) is 0 Å². The first kappa shape index (κ1) is 19.9. The van der Waals surface area contributed by atoms with Crippen molar-refractivity contribution < 1.29 is 14.2 Å². The molecule has 150 valence electrons. The summed E-state index contributed by atoms with van der Waals surface area (Å²) in [6.45, 7) is 7.57. The molecule has 1 saturated carbocycles. The third-order valence-electron chi connectivity index (χ3n) is 5.44. The van der Waals surface area contributed by atoms with Gasteiger partial charge in [0.2, 0.25) is 0 Å². The lowest BCUT2D eigenvalue weighted by atomic mass is 9.80. The van der Waals surface area contributed by atoms with Gasteiger partial charge in [-0.1, -0.05) is 6.07 Å². The standard InChI is InChI=1S/C20H31FN4O2/c1-3-22-19(23-15-20(26)7-4-8-20)25-11-9-24(10-12-25)14-16-5-6-18(27-2)17(21)13-16/h5-6,13,26H,3-4,7-12,14-15H2,1-2H3,(H,22,23). The van der Waals surface area contributed by atoms with Crippen molar-refractivity contribution in [2.24, 2.45) is 4.99 Å². The van der Waals surface area contributed by atoms with Crippen LogP contribution in [0.5, 0.6) is 5.75 Å². The Labute approximate surface area is 161 Å². The van der Waals surface area contributed by atoms with E-state index in [1.807, 2.05) is 6.07 Å². The maximum Gasteiger partial charge on any atom is 0.194 e. The van der Waals surface area contributed by atoms with E-state index in [-0.39, 0.29) is 11.6 Å². The highest BCUT2D eigenvalue weighted by Crippen LogP contribution is 2.31. The number of nitrogens with zero attached hydrogens (tertiary/aromatic N) is 3. The smallest absolute Gasteiger partial charge is 0.194 e. The van der Waals surface area contributed by atoms with Crippen LogP contribution in [0.25, 0.3) is 0 Å². The molecular formula is C20H31FN4O2. The van der Waals surface area contributed by atoms with Crippen molar-refractivity contribution >= 4 is 5.96 Å². The highest BCUT2D eigenvalue weighted by molar-refractivity contribution is 5.80. The quantitative estimate of drug-likeness (QED) is 0.584. The fourth-order valence-electron chi connectivity index (χ4n) is 3.58. The second-order valence-corrected chi connectivity index (χ2v) is 7.48. The Balaban J connectivity index is 1.53. The summed E-state index contributed by atoms with van der Waals surface area (Å²) in [7, 11) is 1.48. The lowest BCUT2D eigenvalue weighted by molar-refractivity contribution is -0.0238. The Bertz CT molecular complexity index is 655. The first-order valence-electron chi connectivity index (χ1n) is 9.83. The minimum atomic E-state index is -0.596. The second-order valence-electron chi connectivity index (χ2n) is 7.48. The van der Waals surface area contributed by atoms with E-state index in [9.17, 15) is 9.50 Å². The first-order valence-corrected chi connectivity index (χ1v) is 9.83. The number of hydrogen-bond donors (Lipinski definition) is 2. The van der Waals surface area contributed by atoms with E-state index in [1.165, 1.54) is 7.11 Å². The number of aliphatic imine (C=N–C) groups is 1. The van der Waals surface area contributed by atoms with Crippen LogP contribution in [0, 0.1) is 5.82 Å². The molecule has 1 aliphatic heterocycles. The molecule has 0 unspecified atom stereocenters. The van der Waals surface area contributed by atoms with Crippen molar-refractivity contribution in [2.45, 2.75) is 38.3 Å². The molecule has 0 amide bonds. The summed E-state index contributed by atoms with van der Waals surface area (Å²) in [5.41, 5.74) is 0.357. The van der Waals surface area contributed by atoms with Crippen LogP contribution < -0.4 is 10.1 Å². The first-order chi connectivity index (χ1) is 13.0. The third kappa shape index (κ3) is 5.11. The minimum absolute atomic E-state index is 0.281. The molecule has 0 bridgehead atoms. The summed E-state index contributed by atoms with van der Waals surface area (Å²) in [5, 5.41) is 13.6. The molecule has 0 spiro atoms. The predicted molar refractivity (Wildman–Crippen MR) is 105 cm³/mol. The zero-order valence-corrected chi connectivity index (χ0v) is 16.4. The van der Waals surface area contributed by atoms with Gasteiger partial charge in [0.15, 0.2) is 17.5 Å². The summed E-state index contributed by atoms with van der Waals surface area (Å²) in [6, 6.07) is 5.15. The van der Waals surface area contributed by atoms with E-state index in [0.29, 0.717) is 6.54 Å². The average molecular weight is 378 g/mol. The molecule has 6 nitrogen and oxygen atoms in total. The van der Waals surface area contributed by atoms with Gasteiger partial charge >= 0.3 is 0 Å². The minimum Gasteiger partial charge on any atom is -0.494 e. The normalized spacial score (nSPS) is 20.3. The number of piperazine rings is 1. The zero-order valence-electron chi connectivity index (χ0n) is 16.4. The molecule has 0 radical (unpaired) electrons. The number of aliphatic hydroxyl groups is 1. The Morgan fingerprint density at radius 3 is 2.59 bits per heavy atom. The van der Waals surface area contributed by atoms with Gasteiger partial charge < -0.3 is 20.1 Å². The largest absolute Gasteiger partial charge is 0.494 e. The topological polar surface area (TPSA) is 60.3 Å². The molecule has 2 fully saturated rings. The van der Waals surface area contributed by atoms with Crippen LogP contribution >= 0.6 is 0 Å². The highest BCUT2D eigenvalue weighted by Gasteiger charge is 2.34. The molecular weight excluding hydrogens is 347 g/mol. The monoisotopic (exact) mass is 378 g/mol. The van der Waals surface area contributed by atoms with E-state index in [0.717, 1.165) is 70.1 Å². The maximum absolute atomic E-state index is 13.9. The molecule has 3 rings (SSSR count). The highest BCUT2D eigenvalue weighted by atomic mass is 19.1. The molecule has 2 aliphatic rings. The van der Waals surface area contributed by atoms with Crippen LogP contribution in [0.1, 0.15) is 31.7 Å². The summed E-state index contributed by atoms with van der Waals surface area (Å²) < 4.78 is 18.9. The number of rotatable bonds is 6. The van der Waals surface area contributed by atoms with Crippen molar-refractivity contribution in [3.63, 3.8) is 0 Å². The van der Waals surface area contributed by atoms with Crippen LogP contribution in [-0.4, -0.2) is 72.8 Å². The molecule has 1 aromatic rings. The lowest BCUT2D eigenvalue weighted by Crippen LogP contribution is -2.52. The molecule has 7 heteroatoms. The van der Waals surface area contributed by atoms with Gasteiger partial charge in [-0.05, 0) is 43.9 Å². The second kappa shape index (κ2) is 8.89. The SMILES string of the molecule is CCNC(=NCC1(O)CCC1)N1CCN(Cc2ccc(OC)c(F)c2)CC1. The van der Waals surface area contributed by atoms with Crippen molar-refractivity contribution in [1.82, 2.24) is 15.1 Å². The molecule has 1 saturated heterocycles. The van der Waals surface area contributed by atoms with Crippen LogP contribution in [-0.2, 0) is 6.54 Å². The van der Waals surface area contributed by atoms with Crippen molar-refractivity contribution in [3.8, 4) is 5.75 Å². The molecule has 2 N–H and O–H groups in total. The van der Waals surface area contributed by atoms with Gasteiger partial charge in [-0.3, -0.25) is 9.89 Å². The van der Waals surface area contributed by atoms with Crippen LogP contribution in [0.3, 0.4) is 0 Å². The van der Waals surface area contributed by atoms with Crippen molar-refractivity contribution in [1.29, 1.82) is 0 Å². The van der Waals surface area contributed by atoms with Gasteiger partial charge in [0.25, 0.3) is 0 Å². The molecule has 1 heterocycles. The van der Waals surface area contributed by atoms with Gasteiger partial charge in [0.05, 0.1) is 19.3 Å². The maximum atomic E-state index is 13.9. The number of ether oxygens (including phenoxy) is 1. The Hall–Kier alpha value is -1.86. The molecule has 27 heavy (non-hydrogen) atoms. The fraction of sp³-hybridized carbons (Fsp3) is 0.650. The summed E-state index contributed by atoms with van der Waals surface area (Å²) in [4.78, 5) is 9.24. The van der Waals surface area contributed by atoms with Crippen LogP contribution in [0.4, 0.5) is 4.39 Å². The fourth-order valence-corrected chi connectivity index (χ4v) is 3.58. The number of hydrogen-bond acceptors (Lipinski definition) is 4. The summed E-state index contributed by atoms with van der Waals surface area (Å²) >= 11 is 0. The Morgan fingerprint density at radius 2 is 2.04 bits per heavy atom. The summed E-state index contributed by atoms with van der Waals surface area (Å²) in [6.07, 6.45) is 2.79. The van der Waals surface area contributed by atoms with E-state index < -0.39 is 5.60 Å². The van der Waals surface area contributed by atoms with Crippen LogP contribution in [0.15, 0.2) is 23.2 Å². The number of halogens is 1. The van der Waals surface area contributed by atoms with E-state index in [1.54, 1.807) is 12.1 Å². The van der Waals surface area contributed by atoms with E-state index >= 15 is 0 Å². The number of nitrogens with one attached hydrogen (secondary N) is 1. The van der Waals surface area contributed by atoms with Gasteiger partial charge in [-0.2, -0.15) is 0 Å². The van der Waals surface area contributed by atoms with Crippen LogP contribution in [0.2, 0.25) is 0 Å². The molecule has 0 atom stereocenters. The predicted octanol–water partition coefficient (Wildman–Crippen LogP) is 1.83. The molecule has 1 aromatic carbocycles. The number of benzene rings is 1. The number of guanidine groups is 1. The number of methoxy groups -OCH3 is 1. The average Bonchev–Trinajstić information content (AvgIpc) is 2.64. The van der Waals surface area contributed by atoms with Gasteiger partial charge in [0.1, 0.15) is 0 Å². The zero-order chi connectivity index (χ0) is 19.3. The Kier molecular flexibility index (Phi) is 6.55. The molecule has 1 aliphatic carbocycles. The van der Waals surface area contributed by atoms with Crippen molar-refractivity contribution in [2.75, 3.05) is 46.4 Å². The van der Waals surface area contributed by atoms with E-state index in [4.69, 9.17) is 4.74 Å². The summed E-state index contributed by atoms with van der Waals surface area (Å²) in [5.74, 6) is 0.847. The molecule has 0 aromatic heterocycles. The third-order valence-corrected chi connectivity index (χ3v) is 5.44.